The summed E-state index contributed by atoms with van der Waals surface area (Å²) in [6.07, 6.45) is 5.37. The van der Waals surface area contributed by atoms with Gasteiger partial charge < -0.3 is 10.4 Å². The molecule has 0 aliphatic heterocycles. The van der Waals surface area contributed by atoms with Crippen LogP contribution < -0.4 is 5.32 Å². The molecule has 0 spiro atoms. The van der Waals surface area contributed by atoms with E-state index in [1.165, 1.54) is 25.7 Å². The number of fused-ring (bicyclic) bond motifs is 2. The fourth-order valence-electron chi connectivity index (χ4n) is 3.31. The molecule has 14 heavy (non-hydrogen) atoms. The molecular formula is C11H19NO2. The van der Waals surface area contributed by atoms with Crippen LogP contribution in [0.2, 0.25) is 0 Å². The summed E-state index contributed by atoms with van der Waals surface area (Å²) < 4.78 is 0. The van der Waals surface area contributed by atoms with Crippen molar-refractivity contribution in [2.45, 2.75) is 38.6 Å². The van der Waals surface area contributed by atoms with Crippen LogP contribution in [0.5, 0.6) is 0 Å². The lowest BCUT2D eigenvalue weighted by molar-refractivity contribution is -0.124. The molecular weight excluding hydrogens is 178 g/mol. The molecule has 0 aromatic rings. The van der Waals surface area contributed by atoms with Crippen LogP contribution in [-0.2, 0) is 4.79 Å². The Labute approximate surface area is 84.9 Å². The van der Waals surface area contributed by atoms with E-state index in [1.807, 2.05) is 0 Å². The first-order valence-electron chi connectivity index (χ1n) is 5.61. The van der Waals surface area contributed by atoms with Crippen molar-refractivity contribution in [3.05, 3.63) is 0 Å². The number of hydrogen-bond donors (Lipinski definition) is 2. The SMILES string of the molecule is CC(NC(=O)CO)C1CC2CCC1C2. The summed E-state index contributed by atoms with van der Waals surface area (Å²) in [5, 5.41) is 11.5. The molecule has 0 heterocycles. The number of aliphatic hydroxyl groups excluding tert-OH is 1. The first kappa shape index (κ1) is 9.97. The van der Waals surface area contributed by atoms with Crippen LogP contribution in [-0.4, -0.2) is 23.7 Å². The zero-order chi connectivity index (χ0) is 10.1. The molecule has 4 unspecified atom stereocenters. The van der Waals surface area contributed by atoms with E-state index in [0.717, 1.165) is 11.8 Å². The van der Waals surface area contributed by atoms with Gasteiger partial charge in [0.15, 0.2) is 0 Å². The summed E-state index contributed by atoms with van der Waals surface area (Å²) in [5.41, 5.74) is 0. The molecule has 80 valence electrons. The highest BCUT2D eigenvalue weighted by Crippen LogP contribution is 2.49. The van der Waals surface area contributed by atoms with E-state index in [-0.39, 0.29) is 18.6 Å². The fraction of sp³-hybridized carbons (Fsp3) is 0.909. The van der Waals surface area contributed by atoms with Gasteiger partial charge in [0.25, 0.3) is 0 Å². The zero-order valence-corrected chi connectivity index (χ0v) is 8.70. The first-order valence-corrected chi connectivity index (χ1v) is 5.61. The number of hydrogen-bond acceptors (Lipinski definition) is 2. The third-order valence-electron chi connectivity index (χ3n) is 3.97. The molecule has 1 amide bonds. The Bertz CT molecular complexity index is 229. The van der Waals surface area contributed by atoms with E-state index >= 15 is 0 Å². The summed E-state index contributed by atoms with van der Waals surface area (Å²) in [4.78, 5) is 11.0. The average Bonchev–Trinajstić information content (AvgIpc) is 2.78. The normalized spacial score (nSPS) is 37.1. The first-order chi connectivity index (χ1) is 6.70. The number of nitrogens with one attached hydrogen (secondary N) is 1. The molecule has 2 fully saturated rings. The Morgan fingerprint density at radius 2 is 2.29 bits per heavy atom. The third kappa shape index (κ3) is 1.78. The predicted octanol–water partition coefficient (Wildman–Crippen LogP) is 0.920. The minimum Gasteiger partial charge on any atom is -0.387 e. The summed E-state index contributed by atoms with van der Waals surface area (Å²) in [6, 6.07) is 0.241. The Hall–Kier alpha value is -0.570. The van der Waals surface area contributed by atoms with Crippen LogP contribution in [0.15, 0.2) is 0 Å². The van der Waals surface area contributed by atoms with Crippen molar-refractivity contribution in [1.29, 1.82) is 0 Å². The molecule has 2 N–H and O–H groups in total. The standard InChI is InChI=1S/C11H19NO2/c1-7(12-11(14)6-13)10-5-8-2-3-9(10)4-8/h7-10,13H,2-6H2,1H3,(H,12,14). The van der Waals surface area contributed by atoms with Crippen LogP contribution in [0, 0.1) is 17.8 Å². The van der Waals surface area contributed by atoms with Gasteiger partial charge in [0.1, 0.15) is 6.61 Å². The monoisotopic (exact) mass is 197 g/mol. The highest BCUT2D eigenvalue weighted by Gasteiger charge is 2.41. The van der Waals surface area contributed by atoms with Crippen molar-refractivity contribution in [2.75, 3.05) is 6.61 Å². The molecule has 0 radical (unpaired) electrons. The lowest BCUT2D eigenvalue weighted by Gasteiger charge is -2.28. The summed E-state index contributed by atoms with van der Waals surface area (Å²) in [7, 11) is 0. The lowest BCUT2D eigenvalue weighted by atomic mass is 9.84. The zero-order valence-electron chi connectivity index (χ0n) is 8.70. The molecule has 2 rings (SSSR count). The van der Waals surface area contributed by atoms with Crippen molar-refractivity contribution in [1.82, 2.24) is 5.32 Å². The van der Waals surface area contributed by atoms with Gasteiger partial charge in [0.2, 0.25) is 5.91 Å². The van der Waals surface area contributed by atoms with Gasteiger partial charge in [-0.1, -0.05) is 6.42 Å². The second-order valence-corrected chi connectivity index (χ2v) is 4.85. The molecule has 2 saturated carbocycles. The van der Waals surface area contributed by atoms with Gasteiger partial charge >= 0.3 is 0 Å². The molecule has 4 atom stereocenters. The molecule has 2 aliphatic carbocycles. The van der Waals surface area contributed by atoms with Gasteiger partial charge in [-0.25, -0.2) is 0 Å². The van der Waals surface area contributed by atoms with Crippen LogP contribution >= 0.6 is 0 Å². The molecule has 2 aliphatic rings. The Morgan fingerprint density at radius 1 is 1.50 bits per heavy atom. The van der Waals surface area contributed by atoms with Crippen molar-refractivity contribution in [3.63, 3.8) is 0 Å². The maximum absolute atomic E-state index is 11.0. The van der Waals surface area contributed by atoms with Crippen molar-refractivity contribution in [3.8, 4) is 0 Å². The highest BCUT2D eigenvalue weighted by molar-refractivity contribution is 5.77. The number of carbonyl (C=O) groups excluding carboxylic acids is 1. The number of carbonyl (C=O) groups is 1. The second kappa shape index (κ2) is 3.89. The Kier molecular flexibility index (Phi) is 2.77. The number of amides is 1. The topological polar surface area (TPSA) is 49.3 Å². The van der Waals surface area contributed by atoms with Gasteiger partial charge in [0, 0.05) is 6.04 Å². The van der Waals surface area contributed by atoms with Gasteiger partial charge in [-0.05, 0) is 43.9 Å². The Morgan fingerprint density at radius 3 is 2.79 bits per heavy atom. The smallest absolute Gasteiger partial charge is 0.245 e. The van der Waals surface area contributed by atoms with Crippen LogP contribution in [0.4, 0.5) is 0 Å². The van der Waals surface area contributed by atoms with Crippen LogP contribution in [0.3, 0.4) is 0 Å². The van der Waals surface area contributed by atoms with Gasteiger partial charge in [-0.15, -0.1) is 0 Å². The van der Waals surface area contributed by atoms with E-state index in [1.54, 1.807) is 0 Å². The van der Waals surface area contributed by atoms with E-state index in [4.69, 9.17) is 5.11 Å². The molecule has 0 aromatic carbocycles. The van der Waals surface area contributed by atoms with E-state index in [2.05, 4.69) is 12.2 Å². The second-order valence-electron chi connectivity index (χ2n) is 4.85. The van der Waals surface area contributed by atoms with E-state index < -0.39 is 0 Å². The van der Waals surface area contributed by atoms with Gasteiger partial charge in [-0.3, -0.25) is 4.79 Å². The average molecular weight is 197 g/mol. The van der Waals surface area contributed by atoms with Gasteiger partial charge in [0.05, 0.1) is 0 Å². The molecule has 3 nitrogen and oxygen atoms in total. The summed E-state index contributed by atoms with van der Waals surface area (Å²) in [5.74, 6) is 2.16. The Balaban J connectivity index is 1.86. The molecule has 0 aromatic heterocycles. The van der Waals surface area contributed by atoms with Crippen molar-refractivity contribution in [2.24, 2.45) is 17.8 Å². The lowest BCUT2D eigenvalue weighted by Crippen LogP contribution is -2.41. The number of aliphatic hydroxyl groups is 1. The maximum atomic E-state index is 11.0. The van der Waals surface area contributed by atoms with E-state index in [0.29, 0.717) is 5.92 Å². The largest absolute Gasteiger partial charge is 0.387 e. The maximum Gasteiger partial charge on any atom is 0.245 e. The quantitative estimate of drug-likeness (QED) is 0.707. The minimum absolute atomic E-state index is 0.236. The third-order valence-corrected chi connectivity index (χ3v) is 3.97. The van der Waals surface area contributed by atoms with Crippen LogP contribution in [0.25, 0.3) is 0 Å². The molecule has 3 heteroatoms. The van der Waals surface area contributed by atoms with Crippen molar-refractivity contribution < 1.29 is 9.90 Å². The number of rotatable bonds is 3. The van der Waals surface area contributed by atoms with Gasteiger partial charge in [-0.2, -0.15) is 0 Å². The summed E-state index contributed by atoms with van der Waals surface area (Å²) >= 11 is 0. The van der Waals surface area contributed by atoms with E-state index in [9.17, 15) is 4.79 Å². The fourth-order valence-corrected chi connectivity index (χ4v) is 3.31. The highest BCUT2D eigenvalue weighted by atomic mass is 16.3. The molecule has 2 bridgehead atoms. The summed E-state index contributed by atoms with van der Waals surface area (Å²) in [6.45, 7) is 1.68. The minimum atomic E-state index is -0.384. The predicted molar refractivity (Wildman–Crippen MR) is 53.6 cm³/mol. The van der Waals surface area contributed by atoms with Crippen molar-refractivity contribution >= 4 is 5.91 Å². The van der Waals surface area contributed by atoms with Crippen LogP contribution in [0.1, 0.15) is 32.6 Å². The molecule has 0 saturated heterocycles.